The van der Waals surface area contributed by atoms with E-state index in [-0.39, 0.29) is 35.4 Å². The number of halogens is 3. The summed E-state index contributed by atoms with van der Waals surface area (Å²) in [6, 6.07) is 17.3. The first-order valence-corrected chi connectivity index (χ1v) is 9.68. The van der Waals surface area contributed by atoms with Crippen molar-refractivity contribution in [2.45, 2.75) is 6.54 Å². The number of ether oxygens (including phenoxy) is 1. The molecule has 0 aliphatic carbocycles. The summed E-state index contributed by atoms with van der Waals surface area (Å²) in [6.07, 6.45) is 0. The van der Waals surface area contributed by atoms with Gasteiger partial charge in [0.25, 0.3) is 5.91 Å². The maximum Gasteiger partial charge on any atom is 0.253 e. The van der Waals surface area contributed by atoms with Gasteiger partial charge in [0.05, 0.1) is 17.1 Å². The van der Waals surface area contributed by atoms with Crippen LogP contribution in [0.1, 0.15) is 15.9 Å². The van der Waals surface area contributed by atoms with Crippen LogP contribution in [0.2, 0.25) is 10.0 Å². The largest absolute Gasteiger partial charge is 0.457 e. The van der Waals surface area contributed by atoms with Gasteiger partial charge in [0, 0.05) is 11.6 Å². The number of hydrogen-bond acceptors (Lipinski definition) is 3. The molecule has 0 aliphatic rings. The van der Waals surface area contributed by atoms with E-state index in [0.29, 0.717) is 16.5 Å². The summed E-state index contributed by atoms with van der Waals surface area (Å²) in [5.41, 5.74) is 1.09. The molecule has 0 aromatic heterocycles. The average molecular weight is 447 g/mol. The highest BCUT2D eigenvalue weighted by molar-refractivity contribution is 6.36. The molecule has 0 fully saturated rings. The van der Waals surface area contributed by atoms with Crippen molar-refractivity contribution in [2.75, 3.05) is 6.54 Å². The average Bonchev–Trinajstić information content (AvgIpc) is 2.73. The van der Waals surface area contributed by atoms with Crippen LogP contribution in [-0.4, -0.2) is 18.4 Å². The lowest BCUT2D eigenvalue weighted by Gasteiger charge is -2.09. The predicted octanol–water partition coefficient (Wildman–Crippen LogP) is 4.97. The minimum Gasteiger partial charge on any atom is -0.457 e. The summed E-state index contributed by atoms with van der Waals surface area (Å²) in [5, 5.41) is 5.86. The van der Waals surface area contributed by atoms with E-state index in [1.807, 2.05) is 0 Å². The Labute approximate surface area is 182 Å². The van der Waals surface area contributed by atoms with Crippen LogP contribution in [0.5, 0.6) is 11.5 Å². The fraction of sp³-hybridized carbons (Fsp3) is 0.0909. The maximum atomic E-state index is 12.9. The van der Waals surface area contributed by atoms with Crippen molar-refractivity contribution in [3.05, 3.63) is 93.7 Å². The van der Waals surface area contributed by atoms with Crippen molar-refractivity contribution in [1.29, 1.82) is 0 Å². The zero-order valence-corrected chi connectivity index (χ0v) is 17.1. The zero-order chi connectivity index (χ0) is 21.5. The Morgan fingerprint density at radius 2 is 1.50 bits per heavy atom. The van der Waals surface area contributed by atoms with E-state index in [1.165, 1.54) is 36.4 Å². The second kappa shape index (κ2) is 10.1. The number of benzene rings is 3. The molecule has 2 amide bonds. The lowest BCUT2D eigenvalue weighted by molar-refractivity contribution is -0.120. The molecule has 3 aromatic carbocycles. The molecule has 5 nitrogen and oxygen atoms in total. The van der Waals surface area contributed by atoms with Gasteiger partial charge in [0.2, 0.25) is 5.91 Å². The smallest absolute Gasteiger partial charge is 0.253 e. The van der Waals surface area contributed by atoms with Crippen LogP contribution >= 0.6 is 23.2 Å². The van der Waals surface area contributed by atoms with Gasteiger partial charge in [0.1, 0.15) is 17.3 Å². The van der Waals surface area contributed by atoms with Crippen LogP contribution in [0.4, 0.5) is 4.39 Å². The van der Waals surface area contributed by atoms with Gasteiger partial charge >= 0.3 is 0 Å². The van der Waals surface area contributed by atoms with Gasteiger partial charge in [-0.3, -0.25) is 9.59 Å². The SMILES string of the molecule is O=C(CNC(=O)c1ccc(Cl)cc1Cl)NCc1ccc(Oc2ccc(F)cc2)cc1. The maximum absolute atomic E-state index is 12.9. The van der Waals surface area contributed by atoms with Gasteiger partial charge in [-0.1, -0.05) is 35.3 Å². The molecule has 0 atom stereocenters. The highest BCUT2D eigenvalue weighted by Gasteiger charge is 2.12. The molecule has 0 spiro atoms. The first kappa shape index (κ1) is 21.6. The minimum atomic E-state index is -0.464. The zero-order valence-electron chi connectivity index (χ0n) is 15.6. The molecule has 154 valence electrons. The standard InChI is InChI=1S/C22H17Cl2FN2O3/c23-15-3-10-19(20(24)11-15)22(29)27-13-21(28)26-12-14-1-6-17(7-2-14)30-18-8-4-16(25)5-9-18/h1-11H,12-13H2,(H,26,28)(H,27,29). The van der Waals surface area contributed by atoms with Crippen molar-refractivity contribution in [2.24, 2.45) is 0 Å². The van der Waals surface area contributed by atoms with Gasteiger partial charge in [-0.05, 0) is 60.2 Å². The first-order valence-electron chi connectivity index (χ1n) is 8.93. The van der Waals surface area contributed by atoms with Crippen molar-refractivity contribution < 1.29 is 18.7 Å². The highest BCUT2D eigenvalue weighted by Crippen LogP contribution is 2.22. The second-order valence-corrected chi connectivity index (χ2v) is 7.13. The van der Waals surface area contributed by atoms with E-state index in [1.54, 1.807) is 30.3 Å². The summed E-state index contributed by atoms with van der Waals surface area (Å²) in [7, 11) is 0. The predicted molar refractivity (Wildman–Crippen MR) is 114 cm³/mol. The quantitative estimate of drug-likeness (QED) is 0.538. The molecule has 2 N–H and O–H groups in total. The fourth-order valence-electron chi connectivity index (χ4n) is 2.51. The summed E-state index contributed by atoms with van der Waals surface area (Å²) < 4.78 is 18.5. The highest BCUT2D eigenvalue weighted by atomic mass is 35.5. The van der Waals surface area contributed by atoms with E-state index in [0.717, 1.165) is 5.56 Å². The van der Waals surface area contributed by atoms with Crippen LogP contribution in [0.25, 0.3) is 0 Å². The van der Waals surface area contributed by atoms with Gasteiger partial charge in [-0.2, -0.15) is 0 Å². The summed E-state index contributed by atoms with van der Waals surface area (Å²) >= 11 is 11.8. The van der Waals surface area contributed by atoms with Crippen LogP contribution in [-0.2, 0) is 11.3 Å². The molecule has 8 heteroatoms. The number of carbonyl (C=O) groups excluding carboxylic acids is 2. The number of amides is 2. The number of nitrogens with one attached hydrogen (secondary N) is 2. The van der Waals surface area contributed by atoms with Gasteiger partial charge in [0.15, 0.2) is 0 Å². The summed E-state index contributed by atoms with van der Waals surface area (Å²) in [4.78, 5) is 24.1. The monoisotopic (exact) mass is 446 g/mol. The van der Waals surface area contributed by atoms with Crippen LogP contribution in [0, 0.1) is 5.82 Å². The molecule has 0 unspecified atom stereocenters. The fourth-order valence-corrected chi connectivity index (χ4v) is 3.00. The number of hydrogen-bond donors (Lipinski definition) is 2. The molecule has 3 aromatic rings. The Balaban J connectivity index is 1.45. The minimum absolute atomic E-state index is 0.191. The van der Waals surface area contributed by atoms with E-state index in [4.69, 9.17) is 27.9 Å². The lowest BCUT2D eigenvalue weighted by atomic mass is 10.2. The number of carbonyl (C=O) groups is 2. The first-order chi connectivity index (χ1) is 14.4. The Morgan fingerprint density at radius 3 is 2.13 bits per heavy atom. The molecular weight excluding hydrogens is 430 g/mol. The normalized spacial score (nSPS) is 10.4. The van der Waals surface area contributed by atoms with E-state index in [2.05, 4.69) is 10.6 Å². The van der Waals surface area contributed by atoms with E-state index < -0.39 is 5.91 Å². The lowest BCUT2D eigenvalue weighted by Crippen LogP contribution is -2.36. The molecule has 0 heterocycles. The van der Waals surface area contributed by atoms with Crippen LogP contribution in [0.15, 0.2) is 66.7 Å². The third kappa shape index (κ3) is 6.20. The number of rotatable bonds is 7. The second-order valence-electron chi connectivity index (χ2n) is 6.28. The third-order valence-electron chi connectivity index (χ3n) is 4.05. The Hall–Kier alpha value is -3.09. The molecule has 0 bridgehead atoms. The molecule has 3 rings (SSSR count). The van der Waals surface area contributed by atoms with Crippen LogP contribution in [0.3, 0.4) is 0 Å². The van der Waals surface area contributed by atoms with Gasteiger partial charge < -0.3 is 15.4 Å². The third-order valence-corrected chi connectivity index (χ3v) is 4.60. The van der Waals surface area contributed by atoms with Crippen molar-refractivity contribution in [1.82, 2.24) is 10.6 Å². The van der Waals surface area contributed by atoms with E-state index in [9.17, 15) is 14.0 Å². The van der Waals surface area contributed by atoms with E-state index >= 15 is 0 Å². The molecule has 0 radical (unpaired) electrons. The summed E-state index contributed by atoms with van der Waals surface area (Å²) in [6.45, 7) is 0.0940. The van der Waals surface area contributed by atoms with Crippen molar-refractivity contribution in [3.8, 4) is 11.5 Å². The van der Waals surface area contributed by atoms with Gasteiger partial charge in [-0.25, -0.2) is 4.39 Å². The molecule has 0 saturated carbocycles. The van der Waals surface area contributed by atoms with Crippen molar-refractivity contribution in [3.63, 3.8) is 0 Å². The molecular formula is C22H17Cl2FN2O3. The Bertz CT molecular complexity index is 1040. The Kier molecular flexibility index (Phi) is 7.27. The molecule has 30 heavy (non-hydrogen) atoms. The van der Waals surface area contributed by atoms with Crippen molar-refractivity contribution >= 4 is 35.0 Å². The molecule has 0 saturated heterocycles. The Morgan fingerprint density at radius 1 is 0.867 bits per heavy atom. The van der Waals surface area contributed by atoms with Gasteiger partial charge in [-0.15, -0.1) is 0 Å². The summed E-state index contributed by atoms with van der Waals surface area (Å²) in [5.74, 6) is -0.0344. The topological polar surface area (TPSA) is 67.4 Å². The van der Waals surface area contributed by atoms with Crippen LogP contribution < -0.4 is 15.4 Å². The molecule has 0 aliphatic heterocycles.